The van der Waals surface area contributed by atoms with Gasteiger partial charge in [-0.3, -0.25) is 14.1 Å². The van der Waals surface area contributed by atoms with Crippen LogP contribution in [-0.4, -0.2) is 63.5 Å². The zero-order chi connectivity index (χ0) is 45.1. The lowest BCUT2D eigenvalue weighted by Gasteiger charge is -2.18. The summed E-state index contributed by atoms with van der Waals surface area (Å²) in [5, 5.41) is 19.9. The van der Waals surface area contributed by atoms with Gasteiger partial charge < -0.3 is 29.5 Å². The average Bonchev–Trinajstić information content (AvgIpc) is 3.22. The molecule has 0 saturated heterocycles. The van der Waals surface area contributed by atoms with Gasteiger partial charge in [-0.25, -0.2) is 4.57 Å². The van der Waals surface area contributed by atoms with Crippen LogP contribution in [0.1, 0.15) is 194 Å². The summed E-state index contributed by atoms with van der Waals surface area (Å²) in [6, 6.07) is 0. The van der Waals surface area contributed by atoms with Crippen LogP contribution in [0.4, 0.5) is 0 Å². The maximum atomic E-state index is 12.4. The minimum Gasteiger partial charge on any atom is -0.462 e. The number of aliphatic hydroxyl groups is 2. The highest BCUT2D eigenvalue weighted by Crippen LogP contribution is 2.36. The van der Waals surface area contributed by atoms with Crippen molar-refractivity contribution in [3.63, 3.8) is 0 Å². The Morgan fingerprint density at radius 1 is 0.574 bits per heavy atom. The second kappa shape index (κ2) is 42.7. The number of phosphoric acid groups is 1. The number of hydrogen-bond acceptors (Lipinski definition) is 8. The second-order valence-corrected chi connectivity index (χ2v) is 17.6. The van der Waals surface area contributed by atoms with Crippen LogP contribution in [0.25, 0.3) is 0 Å². The van der Waals surface area contributed by atoms with Gasteiger partial charge in [0.1, 0.15) is 6.61 Å². The minimum atomic E-state index is -4.81. The average molecular weight is 879 g/mol. The number of unbranched alkanes of at least 4 members (excludes halogenated alkanes) is 17. The lowest BCUT2D eigenvalue weighted by Crippen LogP contribution is -2.29. The molecule has 0 aliphatic rings. The van der Waals surface area contributed by atoms with Crippen LogP contribution >= 0.6 is 7.82 Å². The van der Waals surface area contributed by atoms with E-state index in [4.69, 9.17) is 19.3 Å². The van der Waals surface area contributed by atoms with Crippen LogP contribution in [0.3, 0.4) is 0 Å². The number of carbonyl (C=O) groups is 2. The van der Waals surface area contributed by atoms with Gasteiger partial charge >= 0.3 is 19.8 Å². The third kappa shape index (κ3) is 45.3. The number of carbonyl (C=O) groups excluding carboxylic acids is 2. The fourth-order valence-electron chi connectivity index (χ4n) is 6.49. The van der Waals surface area contributed by atoms with Gasteiger partial charge in [0.25, 0.3) is 0 Å². The standard InChI is InChI=1S/C50H87O10P/c1-4-6-29-37-46(51)39-32-27-28-33-40-47(52)38-31-24-21-22-26-35-42-50(54)60-48(44-59-61(55,56)57)43-58-49(53)41-34-25-20-18-16-14-12-10-8-7-9-11-13-15-17-19-23-30-36-45(3)5-2/h6,22,24,26-29,31-33,39-40,45-48,51-52H,4-5,7-21,23,25,30,34-38,41-44H2,1-3H3,(H2,55,56,57)/b26-22-,28-27-,29-6-,31-24-,39-32+,40-33+/t45?,46-,47+,48+/m0/s1. The molecule has 0 fully saturated rings. The third-order valence-electron chi connectivity index (χ3n) is 10.5. The molecule has 0 aliphatic carbocycles. The van der Waals surface area contributed by atoms with E-state index in [-0.39, 0.29) is 19.4 Å². The largest absolute Gasteiger partial charge is 0.469 e. The molecule has 352 valence electrons. The lowest BCUT2D eigenvalue weighted by atomic mass is 9.99. The summed E-state index contributed by atoms with van der Waals surface area (Å²) in [4.78, 5) is 43.0. The summed E-state index contributed by atoms with van der Waals surface area (Å²) in [5.41, 5.74) is 0. The maximum absolute atomic E-state index is 12.4. The molecule has 0 radical (unpaired) electrons. The molecule has 10 nitrogen and oxygen atoms in total. The summed E-state index contributed by atoms with van der Waals surface area (Å²) >= 11 is 0. The predicted octanol–water partition coefficient (Wildman–Crippen LogP) is 12.8. The highest BCUT2D eigenvalue weighted by molar-refractivity contribution is 7.46. The molecule has 0 bridgehead atoms. The van der Waals surface area contributed by atoms with Crippen LogP contribution in [0.2, 0.25) is 0 Å². The monoisotopic (exact) mass is 879 g/mol. The number of rotatable bonds is 42. The number of esters is 2. The van der Waals surface area contributed by atoms with E-state index in [1.165, 1.54) is 103 Å². The number of ether oxygens (including phenoxy) is 2. The molecule has 4 atom stereocenters. The molecule has 0 amide bonds. The molecule has 0 heterocycles. The molecule has 0 aromatic rings. The zero-order valence-electron chi connectivity index (χ0n) is 38.4. The first-order valence-corrected chi connectivity index (χ1v) is 25.4. The predicted molar refractivity (Wildman–Crippen MR) is 251 cm³/mol. The molecule has 0 spiro atoms. The Bertz CT molecular complexity index is 1270. The van der Waals surface area contributed by atoms with Gasteiger partial charge in [0.05, 0.1) is 18.8 Å². The second-order valence-electron chi connectivity index (χ2n) is 16.4. The summed E-state index contributed by atoms with van der Waals surface area (Å²) in [6.45, 7) is 5.75. The van der Waals surface area contributed by atoms with Crippen LogP contribution in [-0.2, 0) is 28.2 Å². The van der Waals surface area contributed by atoms with E-state index in [0.29, 0.717) is 32.1 Å². The SMILES string of the molecule is CC/C=C\C[C@H](O)/C=C/C=C\C=C\[C@H](O)C/C=C\C/C=C\CCC(=O)O[C@H](COC(=O)CCCCCCCCCCCCCCCCCCCCC(C)CC)COP(=O)(O)O. The van der Waals surface area contributed by atoms with Crippen molar-refractivity contribution < 1.29 is 48.2 Å². The Labute approximate surface area is 371 Å². The van der Waals surface area contributed by atoms with E-state index < -0.39 is 44.7 Å². The number of phosphoric ester groups is 1. The van der Waals surface area contributed by atoms with E-state index in [9.17, 15) is 24.4 Å². The van der Waals surface area contributed by atoms with Crippen molar-refractivity contribution in [1.82, 2.24) is 0 Å². The van der Waals surface area contributed by atoms with E-state index >= 15 is 0 Å². The van der Waals surface area contributed by atoms with Crippen LogP contribution in [0.15, 0.2) is 72.9 Å². The summed E-state index contributed by atoms with van der Waals surface area (Å²) in [7, 11) is -4.81. The Balaban J connectivity index is 4.05. The summed E-state index contributed by atoms with van der Waals surface area (Å²) in [5.74, 6) is -0.158. The molecular formula is C50H87O10P. The van der Waals surface area contributed by atoms with Gasteiger partial charge in [0.15, 0.2) is 6.10 Å². The maximum Gasteiger partial charge on any atom is 0.469 e. The fraction of sp³-hybridized carbons (Fsp3) is 0.720. The van der Waals surface area contributed by atoms with Crippen molar-refractivity contribution in [3.8, 4) is 0 Å². The van der Waals surface area contributed by atoms with Gasteiger partial charge in [-0.1, -0.05) is 216 Å². The molecule has 4 N–H and O–H groups in total. The Kier molecular flexibility index (Phi) is 40.9. The third-order valence-corrected chi connectivity index (χ3v) is 10.9. The molecule has 0 rings (SSSR count). The quantitative estimate of drug-likeness (QED) is 0.0153. The summed E-state index contributed by atoms with van der Waals surface area (Å²) < 4.78 is 26.3. The zero-order valence-corrected chi connectivity index (χ0v) is 39.3. The molecule has 61 heavy (non-hydrogen) atoms. The molecule has 0 aromatic heterocycles. The number of allylic oxidation sites excluding steroid dienone is 8. The van der Waals surface area contributed by atoms with Crippen molar-refractivity contribution in [2.75, 3.05) is 13.2 Å². The van der Waals surface area contributed by atoms with Crippen molar-refractivity contribution in [2.45, 2.75) is 212 Å². The van der Waals surface area contributed by atoms with Crippen molar-refractivity contribution in [2.24, 2.45) is 5.92 Å². The Morgan fingerprint density at radius 3 is 1.54 bits per heavy atom. The summed E-state index contributed by atoms with van der Waals surface area (Å²) in [6.07, 6.45) is 48.4. The van der Waals surface area contributed by atoms with Gasteiger partial charge in [-0.15, -0.1) is 0 Å². The molecule has 0 aromatic carbocycles. The molecule has 0 saturated carbocycles. The van der Waals surface area contributed by atoms with Crippen LogP contribution in [0.5, 0.6) is 0 Å². The number of aliphatic hydroxyl groups excluding tert-OH is 2. The first kappa shape index (κ1) is 58.4. The lowest BCUT2D eigenvalue weighted by molar-refractivity contribution is -0.161. The molecular weight excluding hydrogens is 792 g/mol. The number of hydrogen-bond donors (Lipinski definition) is 4. The van der Waals surface area contributed by atoms with Crippen molar-refractivity contribution in [1.29, 1.82) is 0 Å². The van der Waals surface area contributed by atoms with E-state index in [1.807, 2.05) is 43.4 Å². The molecule has 11 heteroatoms. The van der Waals surface area contributed by atoms with Gasteiger partial charge in [0, 0.05) is 12.8 Å². The first-order chi connectivity index (χ1) is 29.5. The molecule has 0 aliphatic heterocycles. The highest BCUT2D eigenvalue weighted by atomic mass is 31.2. The van der Waals surface area contributed by atoms with E-state index in [0.717, 1.165) is 31.6 Å². The van der Waals surface area contributed by atoms with Crippen molar-refractivity contribution >= 4 is 19.8 Å². The van der Waals surface area contributed by atoms with E-state index in [1.54, 1.807) is 36.5 Å². The van der Waals surface area contributed by atoms with Crippen molar-refractivity contribution in [3.05, 3.63) is 72.9 Å². The minimum absolute atomic E-state index is 0.0285. The highest BCUT2D eigenvalue weighted by Gasteiger charge is 2.22. The fourth-order valence-corrected chi connectivity index (χ4v) is 6.85. The normalized spacial score (nSPS) is 14.7. The van der Waals surface area contributed by atoms with Gasteiger partial charge in [-0.05, 0) is 44.4 Å². The van der Waals surface area contributed by atoms with Crippen LogP contribution in [0, 0.1) is 5.92 Å². The van der Waals surface area contributed by atoms with Gasteiger partial charge in [0.2, 0.25) is 0 Å². The first-order valence-electron chi connectivity index (χ1n) is 23.8. The van der Waals surface area contributed by atoms with Crippen LogP contribution < -0.4 is 0 Å². The smallest absolute Gasteiger partial charge is 0.462 e. The topological polar surface area (TPSA) is 160 Å². The Hall–Kier alpha value is -2.59. The van der Waals surface area contributed by atoms with E-state index in [2.05, 4.69) is 18.4 Å². The molecule has 1 unspecified atom stereocenters. The van der Waals surface area contributed by atoms with Gasteiger partial charge in [-0.2, -0.15) is 0 Å². The Morgan fingerprint density at radius 2 is 1.05 bits per heavy atom.